The van der Waals surface area contributed by atoms with Gasteiger partial charge in [-0.05, 0) is 53.3 Å². The van der Waals surface area contributed by atoms with Crippen molar-refractivity contribution in [2.45, 2.75) is 25.8 Å². The minimum Gasteiger partial charge on any atom is -0.334 e. The van der Waals surface area contributed by atoms with E-state index in [0.717, 1.165) is 30.0 Å². The Hall–Kier alpha value is -3.14. The zero-order valence-electron chi connectivity index (χ0n) is 15.7. The van der Waals surface area contributed by atoms with Crippen LogP contribution in [0.2, 0.25) is 0 Å². The summed E-state index contributed by atoms with van der Waals surface area (Å²) in [6, 6.07) is 20.1. The third-order valence-corrected chi connectivity index (χ3v) is 5.74. The number of carbonyl (C=O) groups excluding carboxylic acids is 2. The number of anilines is 1. The molecule has 0 atom stereocenters. The van der Waals surface area contributed by atoms with Crippen LogP contribution in [0.5, 0.6) is 0 Å². The van der Waals surface area contributed by atoms with Gasteiger partial charge < -0.3 is 10.2 Å². The van der Waals surface area contributed by atoms with Gasteiger partial charge in [-0.3, -0.25) is 9.59 Å². The molecule has 1 saturated carbocycles. The zero-order chi connectivity index (χ0) is 19.1. The highest BCUT2D eigenvalue weighted by Crippen LogP contribution is 2.32. The molecule has 0 aromatic heterocycles. The monoisotopic (exact) mass is 370 g/mol. The second-order valence-corrected chi connectivity index (χ2v) is 7.75. The van der Waals surface area contributed by atoms with Crippen LogP contribution in [-0.4, -0.2) is 23.3 Å². The van der Waals surface area contributed by atoms with E-state index in [1.165, 1.54) is 11.1 Å². The maximum Gasteiger partial charge on any atom is 0.256 e. The van der Waals surface area contributed by atoms with Crippen molar-refractivity contribution < 1.29 is 9.59 Å². The van der Waals surface area contributed by atoms with Gasteiger partial charge in [-0.1, -0.05) is 48.5 Å². The highest BCUT2D eigenvalue weighted by Gasteiger charge is 2.31. The van der Waals surface area contributed by atoms with Crippen LogP contribution in [0.3, 0.4) is 0 Å². The summed E-state index contributed by atoms with van der Waals surface area (Å²) in [4.78, 5) is 27.7. The van der Waals surface area contributed by atoms with Gasteiger partial charge >= 0.3 is 0 Å². The average Bonchev–Trinajstić information content (AvgIpc) is 3.58. The van der Waals surface area contributed by atoms with Crippen LogP contribution in [0.15, 0.2) is 60.7 Å². The lowest BCUT2D eigenvalue weighted by atomic mass is 9.98. The molecule has 4 heteroatoms. The molecule has 0 radical (unpaired) electrons. The Balaban J connectivity index is 1.51. The Kier molecular flexibility index (Phi) is 4.12. The Bertz CT molecular complexity index is 1080. The number of nitrogens with zero attached hydrogens (tertiary/aromatic N) is 1. The molecule has 5 rings (SSSR count). The summed E-state index contributed by atoms with van der Waals surface area (Å²) in [7, 11) is 0. The molecule has 1 aliphatic carbocycles. The molecule has 3 aromatic carbocycles. The largest absolute Gasteiger partial charge is 0.334 e. The third-order valence-electron chi connectivity index (χ3n) is 5.74. The van der Waals surface area contributed by atoms with E-state index < -0.39 is 0 Å². The number of amides is 2. The van der Waals surface area contributed by atoms with Crippen molar-refractivity contribution in [1.82, 2.24) is 4.90 Å². The number of fused-ring (bicyclic) bond motifs is 2. The lowest BCUT2D eigenvalue weighted by Gasteiger charge is -2.29. The Labute approximate surface area is 164 Å². The first kappa shape index (κ1) is 17.0. The van der Waals surface area contributed by atoms with E-state index in [-0.39, 0.29) is 17.7 Å². The summed E-state index contributed by atoms with van der Waals surface area (Å²) < 4.78 is 0. The Morgan fingerprint density at radius 2 is 1.57 bits per heavy atom. The van der Waals surface area contributed by atoms with Gasteiger partial charge in [0.25, 0.3) is 5.91 Å². The molecule has 140 valence electrons. The van der Waals surface area contributed by atoms with Gasteiger partial charge in [0.1, 0.15) is 0 Å². The minimum absolute atomic E-state index is 0.0216. The molecule has 2 amide bonds. The Morgan fingerprint density at radius 3 is 2.32 bits per heavy atom. The first-order chi connectivity index (χ1) is 13.7. The van der Waals surface area contributed by atoms with Crippen molar-refractivity contribution in [3.05, 3.63) is 77.4 Å². The van der Waals surface area contributed by atoms with Gasteiger partial charge in [0.05, 0.1) is 11.3 Å². The van der Waals surface area contributed by atoms with Crippen LogP contribution < -0.4 is 5.32 Å². The van der Waals surface area contributed by atoms with Gasteiger partial charge in [0, 0.05) is 19.0 Å². The van der Waals surface area contributed by atoms with Crippen LogP contribution in [0.1, 0.15) is 34.3 Å². The summed E-state index contributed by atoms with van der Waals surface area (Å²) in [6.45, 7) is 1.30. The summed E-state index contributed by atoms with van der Waals surface area (Å²) >= 11 is 0. The van der Waals surface area contributed by atoms with Crippen molar-refractivity contribution in [3.63, 3.8) is 0 Å². The molecule has 0 unspecified atom stereocenters. The first-order valence-corrected chi connectivity index (χ1v) is 9.89. The number of nitrogens with one attached hydrogen (secondary N) is 1. The molecule has 3 aromatic rings. The van der Waals surface area contributed by atoms with Gasteiger partial charge in [-0.15, -0.1) is 0 Å². The van der Waals surface area contributed by atoms with Crippen molar-refractivity contribution in [3.8, 4) is 0 Å². The van der Waals surface area contributed by atoms with Crippen molar-refractivity contribution >= 4 is 28.3 Å². The number of benzene rings is 3. The van der Waals surface area contributed by atoms with Crippen LogP contribution in [0.25, 0.3) is 10.8 Å². The molecule has 0 spiro atoms. The zero-order valence-corrected chi connectivity index (χ0v) is 15.7. The number of hydrogen-bond donors (Lipinski definition) is 1. The lowest BCUT2D eigenvalue weighted by Crippen LogP contribution is -2.36. The van der Waals surface area contributed by atoms with Crippen LogP contribution >= 0.6 is 0 Å². The van der Waals surface area contributed by atoms with E-state index in [0.29, 0.717) is 24.3 Å². The van der Waals surface area contributed by atoms with E-state index in [1.807, 2.05) is 53.4 Å². The predicted octanol–water partition coefficient (Wildman–Crippen LogP) is 4.39. The van der Waals surface area contributed by atoms with Gasteiger partial charge in [-0.2, -0.15) is 0 Å². The second kappa shape index (κ2) is 6.79. The molecule has 2 aliphatic rings. The average molecular weight is 370 g/mol. The lowest BCUT2D eigenvalue weighted by molar-refractivity contribution is -0.117. The summed E-state index contributed by atoms with van der Waals surface area (Å²) in [6.07, 6.45) is 2.73. The highest BCUT2D eigenvalue weighted by atomic mass is 16.2. The molecule has 1 heterocycles. The van der Waals surface area contributed by atoms with Crippen LogP contribution in [-0.2, 0) is 17.8 Å². The minimum atomic E-state index is -0.0219. The fourth-order valence-corrected chi connectivity index (χ4v) is 3.94. The molecule has 4 nitrogen and oxygen atoms in total. The molecule has 1 N–H and O–H groups in total. The summed E-state index contributed by atoms with van der Waals surface area (Å²) in [5.74, 6) is 0.0935. The highest BCUT2D eigenvalue weighted by molar-refractivity contribution is 6.08. The quantitative estimate of drug-likeness (QED) is 0.743. The molecule has 28 heavy (non-hydrogen) atoms. The molecule has 0 saturated heterocycles. The SMILES string of the molecule is O=C(Nc1cc2ccccc2cc1C(=O)N1CCc2ccccc2C1)C1CC1. The summed E-state index contributed by atoms with van der Waals surface area (Å²) in [5, 5.41) is 5.05. The fraction of sp³-hybridized carbons (Fsp3) is 0.250. The second-order valence-electron chi connectivity index (χ2n) is 7.75. The molecular formula is C24H22N2O2. The van der Waals surface area contributed by atoms with E-state index in [9.17, 15) is 9.59 Å². The predicted molar refractivity (Wildman–Crippen MR) is 110 cm³/mol. The molecular weight excluding hydrogens is 348 g/mol. The van der Waals surface area contributed by atoms with E-state index in [2.05, 4.69) is 17.4 Å². The maximum absolute atomic E-state index is 13.4. The topological polar surface area (TPSA) is 49.4 Å². The standard InChI is InChI=1S/C24H22N2O2/c27-23(17-9-10-17)25-22-14-19-7-3-2-6-18(19)13-21(22)24(28)26-12-11-16-5-1-4-8-20(16)15-26/h1-8,13-14,17H,9-12,15H2,(H,25,27). The van der Waals surface area contributed by atoms with Crippen molar-refractivity contribution in [2.75, 3.05) is 11.9 Å². The normalized spacial score (nSPS) is 15.9. The fourth-order valence-electron chi connectivity index (χ4n) is 3.94. The summed E-state index contributed by atoms with van der Waals surface area (Å²) in [5.41, 5.74) is 3.71. The number of carbonyl (C=O) groups is 2. The maximum atomic E-state index is 13.4. The van der Waals surface area contributed by atoms with E-state index >= 15 is 0 Å². The first-order valence-electron chi connectivity index (χ1n) is 9.89. The van der Waals surface area contributed by atoms with Crippen molar-refractivity contribution in [1.29, 1.82) is 0 Å². The van der Waals surface area contributed by atoms with E-state index in [4.69, 9.17) is 0 Å². The number of hydrogen-bond acceptors (Lipinski definition) is 2. The van der Waals surface area contributed by atoms with Gasteiger partial charge in [0.15, 0.2) is 0 Å². The van der Waals surface area contributed by atoms with Gasteiger partial charge in [-0.25, -0.2) is 0 Å². The van der Waals surface area contributed by atoms with E-state index in [1.54, 1.807) is 0 Å². The van der Waals surface area contributed by atoms with Gasteiger partial charge in [0.2, 0.25) is 5.91 Å². The third kappa shape index (κ3) is 3.15. The van der Waals surface area contributed by atoms with Crippen molar-refractivity contribution in [2.24, 2.45) is 5.92 Å². The smallest absolute Gasteiger partial charge is 0.256 e. The molecule has 1 aliphatic heterocycles. The molecule has 1 fully saturated rings. The molecule has 0 bridgehead atoms. The Morgan fingerprint density at radius 1 is 0.893 bits per heavy atom. The van der Waals surface area contributed by atoms with Crippen LogP contribution in [0, 0.1) is 5.92 Å². The van der Waals surface area contributed by atoms with Crippen LogP contribution in [0.4, 0.5) is 5.69 Å². The number of rotatable bonds is 3.